The van der Waals surface area contributed by atoms with E-state index in [1.807, 2.05) is 42.5 Å². The molecule has 0 spiro atoms. The van der Waals surface area contributed by atoms with Gasteiger partial charge in [-0.1, -0.05) is 60.6 Å². The quantitative estimate of drug-likeness (QED) is 0.546. The molecule has 0 unspecified atom stereocenters. The molecule has 0 radical (unpaired) electrons. The second kappa shape index (κ2) is 5.82. The highest BCUT2D eigenvalue weighted by molar-refractivity contribution is 6.33. The Labute approximate surface area is 133 Å². The largest absolute Gasteiger partial charge is 0.497 e. The summed E-state index contributed by atoms with van der Waals surface area (Å²) >= 11 is 6.14. The molecule has 0 saturated heterocycles. The third-order valence-corrected chi connectivity index (χ3v) is 4.08. The van der Waals surface area contributed by atoms with Gasteiger partial charge in [0.15, 0.2) is 0 Å². The molecule has 3 aromatic carbocycles. The summed E-state index contributed by atoms with van der Waals surface area (Å²) in [5, 5.41) is 2.15. The first-order chi connectivity index (χ1) is 10.6. The van der Waals surface area contributed by atoms with Gasteiger partial charge < -0.3 is 4.74 Å². The Balaban J connectivity index is 2.29. The number of hydrogen-bond donors (Lipinski definition) is 0. The predicted molar refractivity (Wildman–Crippen MR) is 90.4 cm³/mol. The molecule has 3 heteroatoms. The molecular formula is C19H14ClFO. The second-order valence-corrected chi connectivity index (χ2v) is 5.35. The van der Waals surface area contributed by atoms with Gasteiger partial charge in [0.2, 0.25) is 0 Å². The first-order valence-corrected chi connectivity index (χ1v) is 7.20. The molecule has 0 amide bonds. The maximum atomic E-state index is 13.8. The molecular weight excluding hydrogens is 299 g/mol. The fourth-order valence-corrected chi connectivity index (χ4v) is 2.74. The summed E-state index contributed by atoms with van der Waals surface area (Å²) in [7, 11) is 1.59. The van der Waals surface area contributed by atoms with Crippen molar-refractivity contribution in [2.24, 2.45) is 0 Å². The Hall–Kier alpha value is -2.32. The van der Waals surface area contributed by atoms with Crippen LogP contribution >= 0.6 is 11.6 Å². The molecule has 0 aliphatic rings. The van der Waals surface area contributed by atoms with Crippen molar-refractivity contribution < 1.29 is 9.13 Å². The van der Waals surface area contributed by atoms with Crippen LogP contribution in [0, 0.1) is 5.82 Å². The van der Waals surface area contributed by atoms with Gasteiger partial charge in [0.1, 0.15) is 11.6 Å². The fraction of sp³-hybridized carbons (Fsp3) is 0.0526. The minimum Gasteiger partial charge on any atom is -0.497 e. The van der Waals surface area contributed by atoms with Crippen LogP contribution in [0.1, 0.15) is 5.56 Å². The second-order valence-electron chi connectivity index (χ2n) is 4.97. The normalized spacial score (nSPS) is 10.7. The monoisotopic (exact) mass is 312 g/mol. The zero-order chi connectivity index (χ0) is 15.7. The summed E-state index contributed by atoms with van der Waals surface area (Å²) in [6, 6.07) is 16.6. The zero-order valence-electron chi connectivity index (χ0n) is 12.1. The highest BCUT2D eigenvalue weighted by Gasteiger charge is 2.11. The minimum absolute atomic E-state index is 0.131. The number of ether oxygens (including phenoxy) is 1. The standard InChI is InChI=1S/C19H14ClFO/c1-12(22-2)14-10-9-13-5-3-6-15(17(13)11-14)16-7-4-8-18(21)19(16)20/h3-11H,1H2,2H3. The van der Waals surface area contributed by atoms with Crippen molar-refractivity contribution >= 4 is 28.1 Å². The van der Waals surface area contributed by atoms with E-state index in [9.17, 15) is 4.39 Å². The molecule has 0 aliphatic heterocycles. The van der Waals surface area contributed by atoms with Crippen LogP contribution in [0.2, 0.25) is 5.02 Å². The van der Waals surface area contributed by atoms with Crippen LogP contribution in [0.15, 0.2) is 61.2 Å². The maximum absolute atomic E-state index is 13.8. The lowest BCUT2D eigenvalue weighted by Crippen LogP contribution is -1.89. The van der Waals surface area contributed by atoms with Gasteiger partial charge in [-0.25, -0.2) is 4.39 Å². The van der Waals surface area contributed by atoms with Crippen molar-refractivity contribution in [3.63, 3.8) is 0 Å². The van der Waals surface area contributed by atoms with Crippen molar-refractivity contribution in [3.05, 3.63) is 77.6 Å². The number of halogens is 2. The Morgan fingerprint density at radius 3 is 2.55 bits per heavy atom. The van der Waals surface area contributed by atoms with E-state index in [1.54, 1.807) is 13.2 Å². The van der Waals surface area contributed by atoms with Crippen LogP contribution in [-0.2, 0) is 4.74 Å². The molecule has 0 bridgehead atoms. The molecule has 0 saturated carbocycles. The van der Waals surface area contributed by atoms with Gasteiger partial charge >= 0.3 is 0 Å². The zero-order valence-corrected chi connectivity index (χ0v) is 12.8. The highest BCUT2D eigenvalue weighted by Crippen LogP contribution is 2.35. The summed E-state index contributed by atoms with van der Waals surface area (Å²) in [6.07, 6.45) is 0. The van der Waals surface area contributed by atoms with Crippen LogP contribution in [0.5, 0.6) is 0 Å². The van der Waals surface area contributed by atoms with E-state index in [-0.39, 0.29) is 5.02 Å². The molecule has 3 aromatic rings. The van der Waals surface area contributed by atoms with E-state index in [0.29, 0.717) is 11.3 Å². The summed E-state index contributed by atoms with van der Waals surface area (Å²) in [5.41, 5.74) is 2.44. The number of rotatable bonds is 3. The van der Waals surface area contributed by atoms with Crippen LogP contribution in [0.3, 0.4) is 0 Å². The fourth-order valence-electron chi connectivity index (χ4n) is 2.51. The van der Waals surface area contributed by atoms with Crippen molar-refractivity contribution in [2.75, 3.05) is 7.11 Å². The van der Waals surface area contributed by atoms with E-state index in [0.717, 1.165) is 21.9 Å². The van der Waals surface area contributed by atoms with Gasteiger partial charge in [0.05, 0.1) is 12.1 Å². The molecule has 3 rings (SSSR count). The molecule has 0 atom stereocenters. The number of fused-ring (bicyclic) bond motifs is 1. The topological polar surface area (TPSA) is 9.23 Å². The maximum Gasteiger partial charge on any atom is 0.142 e. The Kier molecular flexibility index (Phi) is 3.86. The van der Waals surface area contributed by atoms with E-state index in [2.05, 4.69) is 6.58 Å². The minimum atomic E-state index is -0.423. The first-order valence-electron chi connectivity index (χ1n) is 6.82. The highest BCUT2D eigenvalue weighted by atomic mass is 35.5. The van der Waals surface area contributed by atoms with Gasteiger partial charge in [-0.2, -0.15) is 0 Å². The van der Waals surface area contributed by atoms with Crippen LogP contribution in [-0.4, -0.2) is 7.11 Å². The van der Waals surface area contributed by atoms with Crippen LogP contribution in [0.25, 0.3) is 27.7 Å². The van der Waals surface area contributed by atoms with Gasteiger partial charge in [-0.05, 0) is 28.5 Å². The Morgan fingerprint density at radius 2 is 1.77 bits per heavy atom. The SMILES string of the molecule is C=C(OC)c1ccc2cccc(-c3cccc(F)c3Cl)c2c1. The third kappa shape index (κ3) is 2.46. The van der Waals surface area contributed by atoms with Gasteiger partial charge in [-0.15, -0.1) is 0 Å². The molecule has 1 nitrogen and oxygen atoms in total. The third-order valence-electron chi connectivity index (χ3n) is 3.69. The molecule has 22 heavy (non-hydrogen) atoms. The van der Waals surface area contributed by atoms with E-state index < -0.39 is 5.82 Å². The van der Waals surface area contributed by atoms with Crippen LogP contribution in [0.4, 0.5) is 4.39 Å². The van der Waals surface area contributed by atoms with Crippen molar-refractivity contribution in [1.29, 1.82) is 0 Å². The van der Waals surface area contributed by atoms with Gasteiger partial charge in [-0.3, -0.25) is 0 Å². The van der Waals surface area contributed by atoms with Crippen molar-refractivity contribution in [2.45, 2.75) is 0 Å². The van der Waals surface area contributed by atoms with E-state index in [1.165, 1.54) is 6.07 Å². The summed E-state index contributed by atoms with van der Waals surface area (Å²) < 4.78 is 19.0. The smallest absolute Gasteiger partial charge is 0.142 e. The Morgan fingerprint density at radius 1 is 1.05 bits per heavy atom. The first kappa shape index (κ1) is 14.6. The van der Waals surface area contributed by atoms with Gasteiger partial charge in [0, 0.05) is 11.1 Å². The Bertz CT molecular complexity index is 870. The average Bonchev–Trinajstić information content (AvgIpc) is 2.55. The molecule has 0 fully saturated rings. The number of benzene rings is 3. The molecule has 110 valence electrons. The molecule has 0 aromatic heterocycles. The van der Waals surface area contributed by atoms with E-state index in [4.69, 9.17) is 16.3 Å². The summed E-state index contributed by atoms with van der Waals surface area (Å²) in [5.74, 6) is 0.163. The number of methoxy groups -OCH3 is 1. The van der Waals surface area contributed by atoms with Crippen LogP contribution < -0.4 is 0 Å². The van der Waals surface area contributed by atoms with Crippen molar-refractivity contribution in [1.82, 2.24) is 0 Å². The lowest BCUT2D eigenvalue weighted by Gasteiger charge is -2.11. The lowest BCUT2D eigenvalue weighted by molar-refractivity contribution is 0.371. The summed E-state index contributed by atoms with van der Waals surface area (Å²) in [4.78, 5) is 0. The van der Waals surface area contributed by atoms with Gasteiger partial charge in [0.25, 0.3) is 0 Å². The average molecular weight is 313 g/mol. The van der Waals surface area contributed by atoms with Crippen molar-refractivity contribution in [3.8, 4) is 11.1 Å². The predicted octanol–water partition coefficient (Wildman–Crippen LogP) is 5.92. The lowest BCUT2D eigenvalue weighted by atomic mass is 9.96. The molecule has 0 aliphatic carbocycles. The molecule has 0 N–H and O–H groups in total. The summed E-state index contributed by atoms with van der Waals surface area (Å²) in [6.45, 7) is 3.88. The van der Waals surface area contributed by atoms with E-state index >= 15 is 0 Å². The number of hydrogen-bond acceptors (Lipinski definition) is 1. The molecule has 0 heterocycles.